The van der Waals surface area contributed by atoms with Gasteiger partial charge in [0.1, 0.15) is 6.04 Å². The van der Waals surface area contributed by atoms with Crippen molar-refractivity contribution >= 4 is 11.9 Å². The van der Waals surface area contributed by atoms with Crippen LogP contribution in [0.2, 0.25) is 0 Å². The number of hydrogen-bond acceptors (Lipinski definition) is 2. The van der Waals surface area contributed by atoms with Crippen LogP contribution in [0.4, 0.5) is 0 Å². The Balaban J connectivity index is 2.92. The summed E-state index contributed by atoms with van der Waals surface area (Å²) in [6.07, 6.45) is 0.856. The van der Waals surface area contributed by atoms with Crippen molar-refractivity contribution in [3.63, 3.8) is 0 Å². The number of carbonyl (C=O) groups excluding carboxylic acids is 1. The van der Waals surface area contributed by atoms with E-state index in [4.69, 9.17) is 5.11 Å². The van der Waals surface area contributed by atoms with E-state index in [2.05, 4.69) is 5.32 Å². The van der Waals surface area contributed by atoms with Crippen LogP contribution in [0.3, 0.4) is 0 Å². The molecule has 1 aromatic rings. The summed E-state index contributed by atoms with van der Waals surface area (Å²) < 4.78 is 0. The lowest BCUT2D eigenvalue weighted by molar-refractivity contribution is -0.141. The van der Waals surface area contributed by atoms with Crippen molar-refractivity contribution in [1.82, 2.24) is 5.32 Å². The van der Waals surface area contributed by atoms with Gasteiger partial charge in [-0.05, 0) is 18.4 Å². The molecule has 0 saturated carbocycles. The molecule has 2 unspecified atom stereocenters. The largest absolute Gasteiger partial charge is 0.480 e. The molecule has 0 bridgehead atoms. The molecule has 19 heavy (non-hydrogen) atoms. The molecule has 0 radical (unpaired) electrons. The smallest absolute Gasteiger partial charge is 0.325 e. The SMILES string of the molecule is CCC(C)C(C(=O)N[C@H](C)C(=O)O)c1ccccc1. The Morgan fingerprint density at radius 2 is 1.79 bits per heavy atom. The van der Waals surface area contributed by atoms with Gasteiger partial charge in [-0.2, -0.15) is 0 Å². The van der Waals surface area contributed by atoms with Crippen molar-refractivity contribution in [1.29, 1.82) is 0 Å². The van der Waals surface area contributed by atoms with Crippen LogP contribution in [0.1, 0.15) is 38.7 Å². The third-order valence-corrected chi connectivity index (χ3v) is 3.38. The second-order valence-electron chi connectivity index (χ2n) is 4.84. The van der Waals surface area contributed by atoms with Crippen molar-refractivity contribution in [2.75, 3.05) is 0 Å². The summed E-state index contributed by atoms with van der Waals surface area (Å²) in [6.45, 7) is 5.50. The molecule has 1 rings (SSSR count). The average Bonchev–Trinajstić information content (AvgIpc) is 2.39. The molecule has 0 saturated heterocycles. The van der Waals surface area contributed by atoms with Crippen LogP contribution in [0.25, 0.3) is 0 Å². The van der Waals surface area contributed by atoms with Crippen LogP contribution in [-0.4, -0.2) is 23.0 Å². The molecule has 104 valence electrons. The molecule has 4 nitrogen and oxygen atoms in total. The Kier molecular flexibility index (Phi) is 5.55. The van der Waals surface area contributed by atoms with E-state index in [0.29, 0.717) is 0 Å². The number of benzene rings is 1. The summed E-state index contributed by atoms with van der Waals surface area (Å²) in [6, 6.07) is 8.61. The Morgan fingerprint density at radius 3 is 2.26 bits per heavy atom. The van der Waals surface area contributed by atoms with E-state index < -0.39 is 12.0 Å². The van der Waals surface area contributed by atoms with Gasteiger partial charge in [-0.1, -0.05) is 50.6 Å². The van der Waals surface area contributed by atoms with E-state index >= 15 is 0 Å². The fourth-order valence-electron chi connectivity index (χ4n) is 2.00. The first kappa shape index (κ1) is 15.2. The highest BCUT2D eigenvalue weighted by atomic mass is 16.4. The predicted octanol–water partition coefficient (Wildman–Crippen LogP) is 2.41. The number of nitrogens with one attached hydrogen (secondary N) is 1. The van der Waals surface area contributed by atoms with Crippen molar-refractivity contribution in [2.24, 2.45) is 5.92 Å². The Morgan fingerprint density at radius 1 is 1.21 bits per heavy atom. The second-order valence-corrected chi connectivity index (χ2v) is 4.84. The number of rotatable bonds is 6. The first-order chi connectivity index (χ1) is 8.97. The zero-order valence-corrected chi connectivity index (χ0v) is 11.6. The number of hydrogen-bond donors (Lipinski definition) is 2. The maximum atomic E-state index is 12.3. The molecule has 2 N–H and O–H groups in total. The normalized spacial score (nSPS) is 15.3. The van der Waals surface area contributed by atoms with E-state index in [1.165, 1.54) is 6.92 Å². The molecule has 0 spiro atoms. The fraction of sp³-hybridized carbons (Fsp3) is 0.467. The molecule has 0 aliphatic carbocycles. The van der Waals surface area contributed by atoms with Gasteiger partial charge in [0.15, 0.2) is 0 Å². The number of carboxylic acids is 1. The van der Waals surface area contributed by atoms with Gasteiger partial charge in [-0.15, -0.1) is 0 Å². The van der Waals surface area contributed by atoms with Crippen molar-refractivity contribution in [3.8, 4) is 0 Å². The molecule has 0 aromatic heterocycles. The van der Waals surface area contributed by atoms with Gasteiger partial charge in [0.25, 0.3) is 0 Å². The van der Waals surface area contributed by atoms with Crippen molar-refractivity contribution in [3.05, 3.63) is 35.9 Å². The third kappa shape index (κ3) is 4.09. The quantitative estimate of drug-likeness (QED) is 0.828. The average molecular weight is 263 g/mol. The van der Waals surface area contributed by atoms with Crippen LogP contribution in [0, 0.1) is 5.92 Å². The fourth-order valence-corrected chi connectivity index (χ4v) is 2.00. The first-order valence-electron chi connectivity index (χ1n) is 6.55. The van der Waals surface area contributed by atoms with Crippen LogP contribution in [-0.2, 0) is 9.59 Å². The van der Waals surface area contributed by atoms with Crippen molar-refractivity contribution in [2.45, 2.75) is 39.2 Å². The minimum Gasteiger partial charge on any atom is -0.480 e. The lowest BCUT2D eigenvalue weighted by Crippen LogP contribution is -2.42. The number of carboxylic acid groups (broad SMARTS) is 1. The van der Waals surface area contributed by atoms with E-state index in [-0.39, 0.29) is 17.7 Å². The molecule has 1 aromatic carbocycles. The van der Waals surface area contributed by atoms with Crippen molar-refractivity contribution < 1.29 is 14.7 Å². The first-order valence-corrected chi connectivity index (χ1v) is 6.55. The summed E-state index contributed by atoms with van der Waals surface area (Å²) in [5.74, 6) is -1.41. The summed E-state index contributed by atoms with van der Waals surface area (Å²) in [7, 11) is 0. The molecular formula is C15H21NO3. The van der Waals surface area contributed by atoms with E-state index in [0.717, 1.165) is 12.0 Å². The monoisotopic (exact) mass is 263 g/mol. The Hall–Kier alpha value is -1.84. The zero-order chi connectivity index (χ0) is 14.4. The summed E-state index contributed by atoms with van der Waals surface area (Å²) >= 11 is 0. The number of aliphatic carboxylic acids is 1. The van der Waals surface area contributed by atoms with Gasteiger partial charge >= 0.3 is 5.97 Å². The minimum absolute atomic E-state index is 0.156. The molecule has 1 amide bonds. The highest BCUT2D eigenvalue weighted by Gasteiger charge is 2.27. The molecule has 0 aliphatic rings. The molecule has 0 fully saturated rings. The molecular weight excluding hydrogens is 242 g/mol. The molecule has 4 heteroatoms. The minimum atomic E-state index is -1.02. The van der Waals surface area contributed by atoms with Gasteiger partial charge in [0.2, 0.25) is 5.91 Å². The lowest BCUT2D eigenvalue weighted by Gasteiger charge is -2.23. The van der Waals surface area contributed by atoms with Crippen LogP contribution >= 0.6 is 0 Å². The van der Waals surface area contributed by atoms with E-state index in [1.54, 1.807) is 0 Å². The third-order valence-electron chi connectivity index (χ3n) is 3.38. The highest BCUT2D eigenvalue weighted by molar-refractivity contribution is 5.88. The number of amides is 1. The predicted molar refractivity (Wildman–Crippen MR) is 73.9 cm³/mol. The number of carbonyl (C=O) groups is 2. The van der Waals surface area contributed by atoms with Crippen LogP contribution in [0.5, 0.6) is 0 Å². The summed E-state index contributed by atoms with van der Waals surface area (Å²) in [5.41, 5.74) is 0.923. The van der Waals surface area contributed by atoms with E-state index in [9.17, 15) is 9.59 Å². The van der Waals surface area contributed by atoms with Gasteiger partial charge < -0.3 is 10.4 Å². The Labute approximate surface area is 113 Å². The maximum Gasteiger partial charge on any atom is 0.325 e. The molecule has 0 aliphatic heterocycles. The topological polar surface area (TPSA) is 66.4 Å². The van der Waals surface area contributed by atoms with Crippen LogP contribution < -0.4 is 5.32 Å². The van der Waals surface area contributed by atoms with Gasteiger partial charge in [-0.3, -0.25) is 9.59 Å². The molecule has 0 heterocycles. The van der Waals surface area contributed by atoms with Gasteiger partial charge in [0.05, 0.1) is 5.92 Å². The van der Waals surface area contributed by atoms with Crippen LogP contribution in [0.15, 0.2) is 30.3 Å². The highest BCUT2D eigenvalue weighted by Crippen LogP contribution is 2.27. The van der Waals surface area contributed by atoms with Gasteiger partial charge in [-0.25, -0.2) is 0 Å². The standard InChI is InChI=1S/C15H21NO3/c1-4-10(2)13(12-8-6-5-7-9-12)14(17)16-11(3)15(18)19/h5-11,13H,4H2,1-3H3,(H,16,17)(H,18,19)/t10?,11-,13?/m1/s1. The zero-order valence-electron chi connectivity index (χ0n) is 11.6. The lowest BCUT2D eigenvalue weighted by atomic mass is 9.84. The molecule has 3 atom stereocenters. The van der Waals surface area contributed by atoms with Gasteiger partial charge in [0, 0.05) is 0 Å². The second kappa shape index (κ2) is 6.92. The summed E-state index contributed by atoms with van der Waals surface area (Å²) in [5, 5.41) is 11.4. The Bertz CT molecular complexity index is 430. The van der Waals surface area contributed by atoms with E-state index in [1.807, 2.05) is 44.2 Å². The maximum absolute atomic E-state index is 12.3. The summed E-state index contributed by atoms with van der Waals surface area (Å²) in [4.78, 5) is 23.1.